The van der Waals surface area contributed by atoms with Crippen molar-refractivity contribution in [2.75, 3.05) is 26.7 Å². The van der Waals surface area contributed by atoms with Crippen molar-refractivity contribution in [3.63, 3.8) is 0 Å². The molecular weight excluding hydrogens is 499 g/mol. The lowest BCUT2D eigenvalue weighted by molar-refractivity contribution is 0.0915. The molecule has 2 aromatic carbocycles. The normalized spacial score (nSPS) is 26.5. The van der Waals surface area contributed by atoms with Gasteiger partial charge in [-0.3, -0.25) is 9.89 Å². The molecule has 0 radical (unpaired) electrons. The van der Waals surface area contributed by atoms with Crippen LogP contribution in [-0.4, -0.2) is 49.7 Å². The summed E-state index contributed by atoms with van der Waals surface area (Å²) in [6.45, 7) is 6.06. The molecule has 2 heterocycles. The summed E-state index contributed by atoms with van der Waals surface area (Å²) in [7, 11) is 1.86. The third-order valence-electron chi connectivity index (χ3n) is 6.37. The Labute approximate surface area is 203 Å². The average Bonchev–Trinajstić information content (AvgIpc) is 3.39. The summed E-state index contributed by atoms with van der Waals surface area (Å²) >= 11 is 0. The van der Waals surface area contributed by atoms with Crippen LogP contribution in [0.4, 0.5) is 0 Å². The fraction of sp³-hybridized carbons (Fsp3) is 0.480. The summed E-state index contributed by atoms with van der Waals surface area (Å²) in [4.78, 5) is 7.03. The van der Waals surface area contributed by atoms with Crippen molar-refractivity contribution in [2.24, 2.45) is 10.9 Å². The zero-order chi connectivity index (χ0) is 20.8. The van der Waals surface area contributed by atoms with Crippen molar-refractivity contribution < 1.29 is 4.74 Å². The number of hydrogen-bond donors (Lipinski definition) is 2. The first-order chi connectivity index (χ1) is 14.7. The Morgan fingerprint density at radius 2 is 1.81 bits per heavy atom. The molecule has 31 heavy (non-hydrogen) atoms. The van der Waals surface area contributed by atoms with Crippen LogP contribution in [0.15, 0.2) is 65.7 Å². The predicted molar refractivity (Wildman–Crippen MR) is 138 cm³/mol. The number of nitrogens with zero attached hydrogens (tertiary/aromatic N) is 2. The molecule has 4 rings (SSSR count). The molecule has 0 aliphatic carbocycles. The fourth-order valence-electron chi connectivity index (χ4n) is 4.71. The van der Waals surface area contributed by atoms with Gasteiger partial charge in [0.05, 0.1) is 6.10 Å². The van der Waals surface area contributed by atoms with E-state index in [1.807, 2.05) is 7.05 Å². The van der Waals surface area contributed by atoms with E-state index in [0.717, 1.165) is 45.0 Å². The maximum absolute atomic E-state index is 6.03. The summed E-state index contributed by atoms with van der Waals surface area (Å²) in [6, 6.07) is 22.3. The molecule has 0 aromatic heterocycles. The number of ether oxygens (including phenoxy) is 1. The van der Waals surface area contributed by atoms with E-state index >= 15 is 0 Å². The molecule has 168 valence electrons. The maximum Gasteiger partial charge on any atom is 0.191 e. The van der Waals surface area contributed by atoms with Crippen molar-refractivity contribution in [2.45, 2.75) is 44.5 Å². The molecule has 2 saturated heterocycles. The quantitative estimate of drug-likeness (QED) is 0.331. The SMILES string of the molecule is CN=C(NCC1CCOC1c1ccccc1)NC1CC(C)N(Cc2ccccc2)C1.I. The van der Waals surface area contributed by atoms with Gasteiger partial charge in [0.15, 0.2) is 5.96 Å². The Bertz CT molecular complexity index is 817. The number of benzene rings is 2. The Hall–Kier alpha value is -1.64. The lowest BCUT2D eigenvalue weighted by Gasteiger charge is -2.23. The van der Waals surface area contributed by atoms with Crippen LogP contribution in [0.5, 0.6) is 0 Å². The van der Waals surface area contributed by atoms with Crippen molar-refractivity contribution in [1.29, 1.82) is 0 Å². The average molecular weight is 534 g/mol. The third kappa shape index (κ3) is 6.43. The smallest absolute Gasteiger partial charge is 0.191 e. The lowest BCUT2D eigenvalue weighted by atomic mass is 9.95. The van der Waals surface area contributed by atoms with Crippen LogP contribution in [0.2, 0.25) is 0 Å². The number of guanidine groups is 1. The Morgan fingerprint density at radius 3 is 2.52 bits per heavy atom. The summed E-state index contributed by atoms with van der Waals surface area (Å²) in [5.41, 5.74) is 2.65. The van der Waals surface area contributed by atoms with Crippen molar-refractivity contribution in [3.8, 4) is 0 Å². The highest BCUT2D eigenvalue weighted by atomic mass is 127. The Kier molecular flexibility index (Phi) is 9.16. The second-order valence-electron chi connectivity index (χ2n) is 8.54. The third-order valence-corrected chi connectivity index (χ3v) is 6.37. The van der Waals surface area contributed by atoms with Gasteiger partial charge < -0.3 is 15.4 Å². The molecule has 4 unspecified atom stereocenters. The number of likely N-dealkylation sites (tertiary alicyclic amines) is 1. The molecule has 6 heteroatoms. The second kappa shape index (κ2) is 11.8. The molecule has 4 atom stereocenters. The van der Waals surface area contributed by atoms with E-state index in [1.54, 1.807) is 0 Å². The molecular formula is C25H35IN4O. The van der Waals surface area contributed by atoms with E-state index in [2.05, 4.69) is 88.1 Å². The zero-order valence-electron chi connectivity index (χ0n) is 18.5. The molecule has 2 fully saturated rings. The van der Waals surface area contributed by atoms with E-state index in [9.17, 15) is 0 Å². The van der Waals surface area contributed by atoms with Crippen LogP contribution in [0, 0.1) is 5.92 Å². The van der Waals surface area contributed by atoms with Gasteiger partial charge in [-0.05, 0) is 30.9 Å². The fourth-order valence-corrected chi connectivity index (χ4v) is 4.71. The Balaban J connectivity index is 0.00000272. The number of hydrogen-bond acceptors (Lipinski definition) is 3. The number of rotatable bonds is 6. The van der Waals surface area contributed by atoms with Gasteiger partial charge in [-0.15, -0.1) is 24.0 Å². The maximum atomic E-state index is 6.03. The standard InChI is InChI=1S/C25H34N4O.HI/c1-19-15-23(18-29(19)17-20-9-5-3-6-10-20)28-25(26-2)27-16-22-13-14-30-24(22)21-11-7-4-8-12-21;/h3-12,19,22-24H,13-18H2,1-2H3,(H2,26,27,28);1H. The highest BCUT2D eigenvalue weighted by Crippen LogP contribution is 2.33. The molecule has 0 bridgehead atoms. The molecule has 5 nitrogen and oxygen atoms in total. The Morgan fingerprint density at radius 1 is 1.10 bits per heavy atom. The van der Waals surface area contributed by atoms with E-state index in [4.69, 9.17) is 4.74 Å². The minimum absolute atomic E-state index is 0. The summed E-state index contributed by atoms with van der Waals surface area (Å²) in [6.07, 6.45) is 2.38. The van der Waals surface area contributed by atoms with Gasteiger partial charge >= 0.3 is 0 Å². The molecule has 0 saturated carbocycles. The largest absolute Gasteiger partial charge is 0.373 e. The van der Waals surface area contributed by atoms with Crippen molar-refractivity contribution in [3.05, 3.63) is 71.8 Å². The first kappa shape index (κ1) is 24.0. The van der Waals surface area contributed by atoms with E-state index in [1.165, 1.54) is 11.1 Å². The van der Waals surface area contributed by atoms with Crippen LogP contribution in [0.1, 0.15) is 37.0 Å². The highest BCUT2D eigenvalue weighted by molar-refractivity contribution is 14.0. The summed E-state index contributed by atoms with van der Waals surface area (Å²) in [5.74, 6) is 1.36. The summed E-state index contributed by atoms with van der Waals surface area (Å²) in [5, 5.41) is 7.20. The number of halogens is 1. The van der Waals surface area contributed by atoms with Crippen LogP contribution in [0.3, 0.4) is 0 Å². The van der Waals surface area contributed by atoms with Crippen molar-refractivity contribution in [1.82, 2.24) is 15.5 Å². The van der Waals surface area contributed by atoms with Crippen LogP contribution in [0.25, 0.3) is 0 Å². The van der Waals surface area contributed by atoms with Crippen LogP contribution >= 0.6 is 24.0 Å². The van der Waals surface area contributed by atoms with Gasteiger partial charge in [-0.1, -0.05) is 60.7 Å². The number of nitrogens with one attached hydrogen (secondary N) is 2. The monoisotopic (exact) mass is 534 g/mol. The zero-order valence-corrected chi connectivity index (χ0v) is 20.9. The van der Waals surface area contributed by atoms with Crippen molar-refractivity contribution >= 4 is 29.9 Å². The molecule has 2 aliphatic heterocycles. The van der Waals surface area contributed by atoms with Gasteiger partial charge in [-0.25, -0.2) is 0 Å². The van der Waals surface area contributed by atoms with Gasteiger partial charge in [-0.2, -0.15) is 0 Å². The van der Waals surface area contributed by atoms with Gasteiger partial charge in [0.25, 0.3) is 0 Å². The number of aliphatic imine (C=N–C) groups is 1. The van der Waals surface area contributed by atoms with E-state index < -0.39 is 0 Å². The molecule has 0 amide bonds. The van der Waals surface area contributed by atoms with Gasteiger partial charge in [0.1, 0.15) is 0 Å². The second-order valence-corrected chi connectivity index (χ2v) is 8.54. The predicted octanol–water partition coefficient (Wildman–Crippen LogP) is 4.21. The van der Waals surface area contributed by atoms with Gasteiger partial charge in [0.2, 0.25) is 0 Å². The molecule has 0 spiro atoms. The minimum Gasteiger partial charge on any atom is -0.373 e. The van der Waals surface area contributed by atoms with Gasteiger partial charge in [0, 0.05) is 51.3 Å². The van der Waals surface area contributed by atoms with E-state index in [0.29, 0.717) is 18.0 Å². The van der Waals surface area contributed by atoms with Crippen LogP contribution in [-0.2, 0) is 11.3 Å². The highest BCUT2D eigenvalue weighted by Gasteiger charge is 2.31. The lowest BCUT2D eigenvalue weighted by Crippen LogP contribution is -2.46. The minimum atomic E-state index is 0. The molecule has 2 aromatic rings. The molecule has 2 aliphatic rings. The summed E-state index contributed by atoms with van der Waals surface area (Å²) < 4.78 is 6.03. The first-order valence-corrected chi connectivity index (χ1v) is 11.1. The van der Waals surface area contributed by atoms with Crippen LogP contribution < -0.4 is 10.6 Å². The topological polar surface area (TPSA) is 48.9 Å². The first-order valence-electron chi connectivity index (χ1n) is 11.1. The molecule has 2 N–H and O–H groups in total. The van der Waals surface area contributed by atoms with E-state index in [-0.39, 0.29) is 30.1 Å².